The van der Waals surface area contributed by atoms with Crippen LogP contribution in [0.25, 0.3) is 11.0 Å². The lowest BCUT2D eigenvalue weighted by Crippen LogP contribution is -2.36. The van der Waals surface area contributed by atoms with Gasteiger partial charge in [-0.3, -0.25) is 4.68 Å². The average molecular weight is 484 g/mol. The minimum atomic E-state index is 0.0298. The highest BCUT2D eigenvalue weighted by atomic mass is 16.5. The largest absolute Gasteiger partial charge is 0.496 e. The molecule has 4 rings (SSSR count). The van der Waals surface area contributed by atoms with Crippen LogP contribution in [0.1, 0.15) is 43.7 Å². The molecular weight excluding hydrogens is 446 g/mol. The van der Waals surface area contributed by atoms with E-state index in [4.69, 9.17) is 20.3 Å². The van der Waals surface area contributed by atoms with Gasteiger partial charge in [-0.1, -0.05) is 25.5 Å². The summed E-state index contributed by atoms with van der Waals surface area (Å²) in [4.78, 5) is 10.9. The second-order valence-electron chi connectivity index (χ2n) is 8.97. The van der Waals surface area contributed by atoms with Gasteiger partial charge >= 0.3 is 0 Å². The number of fused-ring (bicyclic) bond motifs is 1. The number of hydrogen-bond donors (Lipinski definition) is 3. The fraction of sp³-hybridized carbons (Fsp3) is 0.560. The first kappa shape index (κ1) is 25.2. The molecule has 1 saturated heterocycles. The molecule has 4 N–H and O–H groups in total. The van der Waals surface area contributed by atoms with Crippen molar-refractivity contribution in [3.05, 3.63) is 35.5 Å². The number of nitrogens with one attached hydrogen (secondary N) is 1. The Hall–Kier alpha value is -2.95. The first-order chi connectivity index (χ1) is 17.1. The smallest absolute Gasteiger partial charge is 0.222 e. The van der Waals surface area contributed by atoms with Gasteiger partial charge in [-0.15, -0.1) is 0 Å². The van der Waals surface area contributed by atoms with Gasteiger partial charge in [-0.05, 0) is 30.9 Å². The third-order valence-corrected chi connectivity index (χ3v) is 6.30. The van der Waals surface area contributed by atoms with Gasteiger partial charge in [0.15, 0.2) is 11.3 Å². The van der Waals surface area contributed by atoms with Crippen LogP contribution in [0.15, 0.2) is 24.4 Å². The van der Waals surface area contributed by atoms with Gasteiger partial charge in [0.05, 0.1) is 33.1 Å². The summed E-state index contributed by atoms with van der Waals surface area (Å²) in [5.74, 6) is 1.68. The summed E-state index contributed by atoms with van der Waals surface area (Å²) in [5, 5.41) is 17.9. The van der Waals surface area contributed by atoms with Crippen LogP contribution in [0.5, 0.6) is 5.75 Å². The third kappa shape index (κ3) is 6.39. The van der Waals surface area contributed by atoms with Crippen LogP contribution in [0.3, 0.4) is 0 Å². The van der Waals surface area contributed by atoms with Crippen molar-refractivity contribution in [1.82, 2.24) is 25.1 Å². The first-order valence-corrected chi connectivity index (χ1v) is 12.4. The zero-order chi connectivity index (χ0) is 24.6. The molecular formula is C25H37N7O3. The molecule has 0 aliphatic carbocycles. The van der Waals surface area contributed by atoms with E-state index in [1.807, 2.05) is 15.8 Å². The average Bonchev–Trinajstić information content (AvgIpc) is 3.28. The van der Waals surface area contributed by atoms with Gasteiger partial charge in [0, 0.05) is 37.8 Å². The molecule has 1 aliphatic heterocycles. The molecule has 35 heavy (non-hydrogen) atoms. The third-order valence-electron chi connectivity index (χ3n) is 6.30. The SMILES string of the molecule is CCCCN(CCO)c1nc(N)nc2cn(Cc3ccc(CNC4CCCOC4)cc3OC)nc12. The molecule has 0 amide bonds. The number of rotatable bonds is 12. The number of aromatic nitrogens is 4. The van der Waals surface area contributed by atoms with Crippen LogP contribution >= 0.6 is 0 Å². The maximum Gasteiger partial charge on any atom is 0.222 e. The first-order valence-electron chi connectivity index (χ1n) is 12.4. The molecule has 10 nitrogen and oxygen atoms in total. The Morgan fingerprint density at radius 2 is 2.20 bits per heavy atom. The topological polar surface area (TPSA) is 124 Å². The monoisotopic (exact) mass is 483 g/mol. The van der Waals surface area contributed by atoms with E-state index in [-0.39, 0.29) is 12.6 Å². The number of aliphatic hydroxyl groups is 1. The summed E-state index contributed by atoms with van der Waals surface area (Å²) in [6, 6.07) is 6.68. The van der Waals surface area contributed by atoms with Gasteiger partial charge in [-0.25, -0.2) is 4.98 Å². The maximum atomic E-state index is 9.56. The summed E-state index contributed by atoms with van der Waals surface area (Å²) in [7, 11) is 1.69. The number of hydrogen-bond acceptors (Lipinski definition) is 9. The van der Waals surface area contributed by atoms with Crippen molar-refractivity contribution < 1.29 is 14.6 Å². The molecule has 1 atom stereocenters. The Bertz CT molecular complexity index is 1100. The van der Waals surface area contributed by atoms with E-state index in [1.165, 1.54) is 5.56 Å². The summed E-state index contributed by atoms with van der Waals surface area (Å²) < 4.78 is 13.1. The number of benzene rings is 1. The summed E-state index contributed by atoms with van der Waals surface area (Å²) in [6.07, 6.45) is 6.15. The predicted molar refractivity (Wildman–Crippen MR) is 137 cm³/mol. The number of unbranched alkanes of at least 4 members (excludes halogenated alkanes) is 1. The fourth-order valence-corrected chi connectivity index (χ4v) is 4.42. The van der Waals surface area contributed by atoms with Crippen LogP contribution in [0.2, 0.25) is 0 Å². The van der Waals surface area contributed by atoms with Gasteiger partial charge in [0.25, 0.3) is 0 Å². The van der Waals surface area contributed by atoms with Crippen molar-refractivity contribution in [2.75, 3.05) is 50.7 Å². The van der Waals surface area contributed by atoms with Crippen molar-refractivity contribution in [2.24, 2.45) is 0 Å². The Labute approximate surface area is 206 Å². The van der Waals surface area contributed by atoms with Crippen molar-refractivity contribution >= 4 is 22.8 Å². The molecule has 1 aromatic carbocycles. The minimum absolute atomic E-state index is 0.0298. The quantitative estimate of drug-likeness (QED) is 0.356. The lowest BCUT2D eigenvalue weighted by Gasteiger charge is -2.23. The molecule has 3 aromatic rings. The highest BCUT2D eigenvalue weighted by Crippen LogP contribution is 2.26. The van der Waals surface area contributed by atoms with E-state index < -0.39 is 0 Å². The molecule has 0 bridgehead atoms. The molecule has 10 heteroatoms. The van der Waals surface area contributed by atoms with Crippen LogP contribution < -0.4 is 20.7 Å². The Morgan fingerprint density at radius 3 is 2.94 bits per heavy atom. The predicted octanol–water partition coefficient (Wildman–Crippen LogP) is 2.33. The second kappa shape index (κ2) is 12.1. The van der Waals surface area contributed by atoms with Crippen molar-refractivity contribution in [3.63, 3.8) is 0 Å². The fourth-order valence-electron chi connectivity index (χ4n) is 4.42. The lowest BCUT2D eigenvalue weighted by atomic mass is 10.1. The number of nitrogens with zero attached hydrogens (tertiary/aromatic N) is 5. The highest BCUT2D eigenvalue weighted by molar-refractivity contribution is 5.86. The van der Waals surface area contributed by atoms with Crippen LogP contribution in [-0.4, -0.2) is 70.9 Å². The molecule has 0 saturated carbocycles. The number of aliphatic hydroxyl groups excluding tert-OH is 1. The van der Waals surface area contributed by atoms with E-state index in [2.05, 4.69) is 40.4 Å². The van der Waals surface area contributed by atoms with Gasteiger partial charge in [-0.2, -0.15) is 10.1 Å². The normalized spacial score (nSPS) is 16.0. The summed E-state index contributed by atoms with van der Waals surface area (Å²) in [6.45, 7) is 6.33. The molecule has 0 radical (unpaired) electrons. The highest BCUT2D eigenvalue weighted by Gasteiger charge is 2.18. The van der Waals surface area contributed by atoms with E-state index in [9.17, 15) is 5.11 Å². The Balaban J connectivity index is 1.53. The zero-order valence-corrected chi connectivity index (χ0v) is 20.7. The van der Waals surface area contributed by atoms with Crippen molar-refractivity contribution in [3.8, 4) is 5.75 Å². The summed E-state index contributed by atoms with van der Waals surface area (Å²) in [5.41, 5.74) is 9.56. The molecule has 1 aliphatic rings. The van der Waals surface area contributed by atoms with E-state index in [1.54, 1.807) is 7.11 Å². The number of nitrogens with two attached hydrogens (primary N) is 1. The minimum Gasteiger partial charge on any atom is -0.496 e. The van der Waals surface area contributed by atoms with Crippen LogP contribution in [0, 0.1) is 0 Å². The molecule has 1 unspecified atom stereocenters. The molecule has 2 aromatic heterocycles. The van der Waals surface area contributed by atoms with Crippen molar-refractivity contribution in [1.29, 1.82) is 0 Å². The van der Waals surface area contributed by atoms with E-state index in [0.29, 0.717) is 36.0 Å². The van der Waals surface area contributed by atoms with E-state index >= 15 is 0 Å². The summed E-state index contributed by atoms with van der Waals surface area (Å²) >= 11 is 0. The van der Waals surface area contributed by atoms with Gasteiger partial charge in [0.2, 0.25) is 5.95 Å². The van der Waals surface area contributed by atoms with Gasteiger partial charge in [0.1, 0.15) is 11.3 Å². The molecule has 0 spiro atoms. The van der Waals surface area contributed by atoms with Crippen LogP contribution in [0.4, 0.5) is 11.8 Å². The van der Waals surface area contributed by atoms with E-state index in [0.717, 1.165) is 63.3 Å². The van der Waals surface area contributed by atoms with Gasteiger partial charge < -0.3 is 30.5 Å². The Morgan fingerprint density at radius 1 is 1.31 bits per heavy atom. The second-order valence-corrected chi connectivity index (χ2v) is 8.97. The molecule has 190 valence electrons. The number of nitrogen functional groups attached to an aromatic ring is 1. The zero-order valence-electron chi connectivity index (χ0n) is 20.7. The Kier molecular flexibility index (Phi) is 8.73. The standard InChI is InChI=1S/C25H37N7O3/c1-3-4-9-31(10-11-33)24-23-21(28-25(26)29-24)16-32(30-23)15-19-8-7-18(13-22(19)34-2)14-27-20-6-5-12-35-17-20/h7-8,13,16,20,27,33H,3-6,9-12,14-15,17H2,1-2H3,(H2,26,28). The van der Waals surface area contributed by atoms with Crippen molar-refractivity contribution in [2.45, 2.75) is 51.7 Å². The molecule has 3 heterocycles. The number of ether oxygens (including phenoxy) is 2. The van der Waals surface area contributed by atoms with Crippen LogP contribution in [-0.2, 0) is 17.8 Å². The molecule has 1 fully saturated rings. The number of anilines is 2. The number of methoxy groups -OCH3 is 1. The maximum absolute atomic E-state index is 9.56. The lowest BCUT2D eigenvalue weighted by molar-refractivity contribution is 0.0699.